The number of hydrogen-bond acceptors (Lipinski definition) is 4. The molecule has 1 aliphatic heterocycles. The van der Waals surface area contributed by atoms with Crippen molar-refractivity contribution in [3.63, 3.8) is 0 Å². The Labute approximate surface area is 169 Å². The molecular formula is C21H38N6O. The summed E-state index contributed by atoms with van der Waals surface area (Å²) in [6.45, 7) is 10.7. The second-order valence-corrected chi connectivity index (χ2v) is 8.13. The first-order valence-electron chi connectivity index (χ1n) is 11.1. The lowest BCUT2D eigenvalue weighted by Crippen LogP contribution is -2.56. The van der Waals surface area contributed by atoms with E-state index in [1.54, 1.807) is 0 Å². The average molecular weight is 391 g/mol. The number of hydrogen-bond donors (Lipinski definition) is 3. The van der Waals surface area contributed by atoms with Crippen LogP contribution in [0.1, 0.15) is 56.7 Å². The molecule has 7 heteroatoms. The first-order chi connectivity index (χ1) is 13.7. The van der Waals surface area contributed by atoms with Gasteiger partial charge in [0.1, 0.15) is 0 Å². The SMILES string of the molecule is CCNC(=NCC1(N2CCOCC2)CCCCC1)NCCCc1cn[nH]c1C. The lowest BCUT2D eigenvalue weighted by atomic mass is 9.80. The lowest BCUT2D eigenvalue weighted by Gasteiger charge is -2.47. The van der Waals surface area contributed by atoms with E-state index < -0.39 is 0 Å². The summed E-state index contributed by atoms with van der Waals surface area (Å²) >= 11 is 0. The van der Waals surface area contributed by atoms with Crippen LogP contribution >= 0.6 is 0 Å². The van der Waals surface area contributed by atoms with Crippen LogP contribution in [-0.4, -0.2) is 72.5 Å². The molecule has 1 aromatic heterocycles. The smallest absolute Gasteiger partial charge is 0.191 e. The third kappa shape index (κ3) is 5.70. The van der Waals surface area contributed by atoms with Crippen molar-refractivity contribution in [1.82, 2.24) is 25.7 Å². The van der Waals surface area contributed by atoms with E-state index in [1.165, 1.54) is 43.4 Å². The lowest BCUT2D eigenvalue weighted by molar-refractivity contribution is -0.0333. The van der Waals surface area contributed by atoms with E-state index in [4.69, 9.17) is 9.73 Å². The van der Waals surface area contributed by atoms with Gasteiger partial charge in [-0.2, -0.15) is 5.10 Å². The molecule has 0 amide bonds. The second-order valence-electron chi connectivity index (χ2n) is 8.13. The van der Waals surface area contributed by atoms with Crippen LogP contribution in [0, 0.1) is 6.92 Å². The van der Waals surface area contributed by atoms with Gasteiger partial charge in [0.25, 0.3) is 0 Å². The highest BCUT2D eigenvalue weighted by molar-refractivity contribution is 5.79. The molecule has 0 spiro atoms. The molecule has 7 nitrogen and oxygen atoms in total. The molecule has 3 rings (SSSR count). The monoisotopic (exact) mass is 390 g/mol. The van der Waals surface area contributed by atoms with Gasteiger partial charge < -0.3 is 15.4 Å². The van der Waals surface area contributed by atoms with Crippen molar-refractivity contribution in [3.05, 3.63) is 17.5 Å². The number of nitrogens with zero attached hydrogens (tertiary/aromatic N) is 3. The Bertz CT molecular complexity index is 602. The predicted octanol–water partition coefficient (Wildman–Crippen LogP) is 2.24. The number of aromatic amines is 1. The number of aromatic nitrogens is 2. The van der Waals surface area contributed by atoms with E-state index >= 15 is 0 Å². The fourth-order valence-electron chi connectivity index (χ4n) is 4.50. The molecule has 0 aromatic carbocycles. The third-order valence-electron chi connectivity index (χ3n) is 6.19. The average Bonchev–Trinajstić information content (AvgIpc) is 3.15. The molecule has 0 bridgehead atoms. The van der Waals surface area contributed by atoms with E-state index in [-0.39, 0.29) is 5.54 Å². The second kappa shape index (κ2) is 10.8. The van der Waals surface area contributed by atoms with E-state index in [2.05, 4.69) is 39.6 Å². The molecule has 1 aliphatic carbocycles. The molecule has 2 heterocycles. The maximum Gasteiger partial charge on any atom is 0.191 e. The van der Waals surface area contributed by atoms with Crippen molar-refractivity contribution >= 4 is 5.96 Å². The molecule has 1 saturated heterocycles. The van der Waals surface area contributed by atoms with Crippen molar-refractivity contribution in [2.45, 2.75) is 64.3 Å². The maximum atomic E-state index is 5.60. The molecule has 1 saturated carbocycles. The van der Waals surface area contributed by atoms with Gasteiger partial charge in [-0.1, -0.05) is 19.3 Å². The quantitative estimate of drug-likeness (QED) is 0.360. The van der Waals surface area contributed by atoms with Crippen LogP contribution in [0.5, 0.6) is 0 Å². The number of rotatable bonds is 8. The number of aryl methyl sites for hydroxylation is 2. The topological polar surface area (TPSA) is 77.6 Å². The summed E-state index contributed by atoms with van der Waals surface area (Å²) in [6, 6.07) is 0. The normalized spacial score (nSPS) is 20.9. The van der Waals surface area contributed by atoms with Crippen molar-refractivity contribution in [2.75, 3.05) is 45.9 Å². The molecular weight excluding hydrogens is 352 g/mol. The minimum absolute atomic E-state index is 0.221. The number of H-pyrrole nitrogens is 1. The van der Waals surface area contributed by atoms with Crippen molar-refractivity contribution in [3.8, 4) is 0 Å². The standard InChI is InChI=1S/C21H38N6O/c1-3-22-20(23-11-7-8-19-16-25-26-18(19)2)24-17-21(9-5-4-6-10-21)27-12-14-28-15-13-27/h16H,3-15,17H2,1-2H3,(H,25,26)(H2,22,23,24). The van der Waals surface area contributed by atoms with Crippen molar-refractivity contribution in [1.29, 1.82) is 0 Å². The summed E-state index contributed by atoms with van der Waals surface area (Å²) in [6.07, 6.45) is 10.6. The highest BCUT2D eigenvalue weighted by Gasteiger charge is 2.38. The predicted molar refractivity (Wildman–Crippen MR) is 114 cm³/mol. The van der Waals surface area contributed by atoms with Gasteiger partial charge >= 0.3 is 0 Å². The zero-order valence-electron chi connectivity index (χ0n) is 17.7. The largest absolute Gasteiger partial charge is 0.379 e. The van der Waals surface area contributed by atoms with Crippen LogP contribution in [0.3, 0.4) is 0 Å². The molecule has 1 aromatic rings. The number of aliphatic imine (C=N–C) groups is 1. The van der Waals surface area contributed by atoms with Crippen molar-refractivity contribution in [2.24, 2.45) is 4.99 Å². The van der Waals surface area contributed by atoms with Crippen LogP contribution < -0.4 is 10.6 Å². The zero-order valence-corrected chi connectivity index (χ0v) is 17.7. The molecule has 0 atom stereocenters. The van der Waals surface area contributed by atoms with Crippen molar-refractivity contribution < 1.29 is 4.74 Å². The minimum Gasteiger partial charge on any atom is -0.379 e. The first-order valence-corrected chi connectivity index (χ1v) is 11.1. The third-order valence-corrected chi connectivity index (χ3v) is 6.19. The summed E-state index contributed by atoms with van der Waals surface area (Å²) in [5, 5.41) is 14.1. The van der Waals surface area contributed by atoms with Crippen LogP contribution in [0.25, 0.3) is 0 Å². The van der Waals surface area contributed by atoms with Gasteiger partial charge in [-0.15, -0.1) is 0 Å². The first kappa shape index (κ1) is 21.1. The summed E-state index contributed by atoms with van der Waals surface area (Å²) in [7, 11) is 0. The van der Waals surface area contributed by atoms with E-state index in [0.717, 1.165) is 64.7 Å². The highest BCUT2D eigenvalue weighted by Crippen LogP contribution is 2.34. The fourth-order valence-corrected chi connectivity index (χ4v) is 4.50. The van der Waals surface area contributed by atoms with Gasteiger partial charge in [-0.05, 0) is 45.1 Å². The number of ether oxygens (including phenoxy) is 1. The fraction of sp³-hybridized carbons (Fsp3) is 0.810. The van der Waals surface area contributed by atoms with Gasteiger partial charge in [0.2, 0.25) is 0 Å². The summed E-state index contributed by atoms with van der Waals surface area (Å²) < 4.78 is 5.60. The summed E-state index contributed by atoms with van der Waals surface area (Å²) in [4.78, 5) is 7.69. The Kier molecular flexibility index (Phi) is 8.15. The Morgan fingerprint density at radius 3 is 2.71 bits per heavy atom. The van der Waals surface area contributed by atoms with Gasteiger partial charge in [0.15, 0.2) is 5.96 Å². The number of guanidine groups is 1. The summed E-state index contributed by atoms with van der Waals surface area (Å²) in [5.74, 6) is 0.949. The molecule has 2 aliphatic rings. The van der Waals surface area contributed by atoms with Gasteiger partial charge in [-0.25, -0.2) is 0 Å². The van der Waals surface area contributed by atoms with Crippen LogP contribution in [0.2, 0.25) is 0 Å². The van der Waals surface area contributed by atoms with Gasteiger partial charge in [0.05, 0.1) is 26.0 Å². The Morgan fingerprint density at radius 1 is 1.25 bits per heavy atom. The highest BCUT2D eigenvalue weighted by atomic mass is 16.5. The molecule has 3 N–H and O–H groups in total. The van der Waals surface area contributed by atoms with Crippen LogP contribution in [0.4, 0.5) is 0 Å². The minimum atomic E-state index is 0.221. The van der Waals surface area contributed by atoms with Crippen LogP contribution in [0.15, 0.2) is 11.2 Å². The number of nitrogens with one attached hydrogen (secondary N) is 3. The van der Waals surface area contributed by atoms with E-state index in [9.17, 15) is 0 Å². The Balaban J connectivity index is 1.55. The van der Waals surface area contributed by atoms with Gasteiger partial charge in [-0.3, -0.25) is 15.0 Å². The Hall–Kier alpha value is -1.60. The molecule has 28 heavy (non-hydrogen) atoms. The van der Waals surface area contributed by atoms with Crippen LogP contribution in [-0.2, 0) is 11.2 Å². The zero-order chi connectivity index (χ0) is 19.7. The molecule has 0 unspecified atom stereocenters. The van der Waals surface area contributed by atoms with Gasteiger partial charge in [0, 0.05) is 37.4 Å². The van der Waals surface area contributed by atoms with E-state index in [0.29, 0.717) is 0 Å². The number of morpholine rings is 1. The molecule has 158 valence electrons. The Morgan fingerprint density at radius 2 is 2.04 bits per heavy atom. The maximum absolute atomic E-state index is 5.60. The molecule has 0 radical (unpaired) electrons. The molecule has 2 fully saturated rings. The summed E-state index contributed by atoms with van der Waals surface area (Å²) in [5.41, 5.74) is 2.70. The van der Waals surface area contributed by atoms with E-state index in [1.807, 2.05) is 6.20 Å².